The number of amides is 1. The van der Waals surface area contributed by atoms with Crippen LogP contribution in [0, 0.1) is 0 Å². The molecule has 0 aliphatic carbocycles. The van der Waals surface area contributed by atoms with E-state index in [9.17, 15) is 4.79 Å². The van der Waals surface area contributed by atoms with Gasteiger partial charge in [-0.25, -0.2) is 0 Å². The quantitative estimate of drug-likeness (QED) is 0.925. The third-order valence-corrected chi connectivity index (χ3v) is 4.24. The summed E-state index contributed by atoms with van der Waals surface area (Å²) in [4.78, 5) is 16.6. The minimum atomic E-state index is -0.0728. The van der Waals surface area contributed by atoms with Crippen LogP contribution in [0.2, 0.25) is 0 Å². The molecule has 1 saturated heterocycles. The number of likely N-dealkylation sites (tertiary alicyclic amines) is 1. The lowest BCUT2D eigenvalue weighted by Gasteiger charge is -2.37. The molecule has 4 nitrogen and oxygen atoms in total. The van der Waals surface area contributed by atoms with Gasteiger partial charge in [0, 0.05) is 25.3 Å². The largest absolute Gasteiger partial charge is 0.316 e. The number of para-hydroxylation sites is 1. The number of nitrogens with zero attached hydrogens (tertiary/aromatic N) is 2. The number of benzene rings is 1. The van der Waals surface area contributed by atoms with Crippen molar-refractivity contribution in [1.29, 1.82) is 0 Å². The number of anilines is 1. The highest BCUT2D eigenvalue weighted by Gasteiger charge is 2.28. The van der Waals surface area contributed by atoms with E-state index in [1.54, 1.807) is 4.90 Å². The van der Waals surface area contributed by atoms with Crippen LogP contribution in [0.5, 0.6) is 0 Å². The molecule has 1 fully saturated rings. The number of carbonyl (C=O) groups is 1. The molecule has 0 saturated carbocycles. The first-order valence-corrected chi connectivity index (χ1v) is 7.37. The number of hydrogen-bond acceptors (Lipinski definition) is 3. The smallest absolute Gasteiger partial charge is 0.243 e. The molecule has 5 heteroatoms. The van der Waals surface area contributed by atoms with Crippen LogP contribution < -0.4 is 10.2 Å². The molecule has 0 spiro atoms. The highest BCUT2D eigenvalue weighted by molar-refractivity contribution is 5.96. The maximum absolute atomic E-state index is 12.6. The average molecular weight is 312 g/mol. The van der Waals surface area contributed by atoms with Crippen molar-refractivity contribution in [1.82, 2.24) is 10.2 Å². The first-order chi connectivity index (χ1) is 9.63. The Kier molecular flexibility index (Phi) is 7.15. The van der Waals surface area contributed by atoms with Crippen LogP contribution in [0.15, 0.2) is 30.3 Å². The van der Waals surface area contributed by atoms with Gasteiger partial charge >= 0.3 is 0 Å². The fourth-order valence-electron chi connectivity index (χ4n) is 2.81. The van der Waals surface area contributed by atoms with Crippen molar-refractivity contribution in [2.45, 2.75) is 31.8 Å². The monoisotopic (exact) mass is 311 g/mol. The number of halogens is 1. The second-order valence-corrected chi connectivity index (χ2v) is 5.53. The number of likely N-dealkylation sites (N-methyl/N-ethyl adjacent to an activating group) is 2. The Morgan fingerprint density at radius 1 is 1.38 bits per heavy atom. The third kappa shape index (κ3) is 4.43. The molecule has 1 amide bonds. The van der Waals surface area contributed by atoms with E-state index in [-0.39, 0.29) is 24.4 Å². The summed E-state index contributed by atoms with van der Waals surface area (Å²) in [5.74, 6) is 0.160. The number of hydrogen-bond donors (Lipinski definition) is 1. The second-order valence-electron chi connectivity index (χ2n) is 5.53. The summed E-state index contributed by atoms with van der Waals surface area (Å²) < 4.78 is 0. The van der Waals surface area contributed by atoms with Gasteiger partial charge in [0.05, 0.1) is 6.04 Å². The molecule has 1 aromatic carbocycles. The molecule has 0 radical (unpaired) electrons. The van der Waals surface area contributed by atoms with Gasteiger partial charge in [-0.2, -0.15) is 0 Å². The molecule has 1 aliphatic rings. The standard InChI is InChI=1S/C16H25N3O.ClH/c1-13(19-11-7-8-14(12-19)17-2)16(20)18(3)15-9-5-4-6-10-15;/h4-6,9-10,13-14,17H,7-8,11-12H2,1-3H3;1H. The maximum atomic E-state index is 12.6. The molecule has 21 heavy (non-hydrogen) atoms. The Labute approximate surface area is 133 Å². The Hall–Kier alpha value is -1.10. The Bertz CT molecular complexity index is 440. The van der Waals surface area contributed by atoms with Gasteiger partial charge in [-0.05, 0) is 45.5 Å². The summed E-state index contributed by atoms with van der Waals surface area (Å²) in [5, 5.41) is 3.32. The lowest BCUT2D eigenvalue weighted by atomic mass is 10.0. The molecule has 1 N–H and O–H groups in total. The van der Waals surface area contributed by atoms with Gasteiger partial charge in [-0.1, -0.05) is 18.2 Å². The van der Waals surface area contributed by atoms with Gasteiger partial charge in [0.25, 0.3) is 0 Å². The van der Waals surface area contributed by atoms with Crippen LogP contribution in [-0.2, 0) is 4.79 Å². The van der Waals surface area contributed by atoms with Gasteiger partial charge in [-0.15, -0.1) is 12.4 Å². The molecule has 0 aromatic heterocycles. The maximum Gasteiger partial charge on any atom is 0.243 e. The van der Waals surface area contributed by atoms with E-state index in [0.29, 0.717) is 6.04 Å². The number of nitrogens with one attached hydrogen (secondary N) is 1. The normalized spacial score (nSPS) is 20.4. The van der Waals surface area contributed by atoms with Gasteiger partial charge in [0.1, 0.15) is 0 Å². The van der Waals surface area contributed by atoms with Gasteiger partial charge in [-0.3, -0.25) is 9.69 Å². The molecule has 1 aromatic rings. The van der Waals surface area contributed by atoms with E-state index in [0.717, 1.165) is 25.2 Å². The average Bonchev–Trinajstić information content (AvgIpc) is 2.53. The highest BCUT2D eigenvalue weighted by Crippen LogP contribution is 2.17. The molecule has 2 rings (SSSR count). The Morgan fingerprint density at radius 3 is 2.67 bits per heavy atom. The molecule has 118 valence electrons. The van der Waals surface area contributed by atoms with Crippen molar-refractivity contribution in [3.05, 3.63) is 30.3 Å². The van der Waals surface area contributed by atoms with Crippen LogP contribution in [0.1, 0.15) is 19.8 Å². The summed E-state index contributed by atoms with van der Waals surface area (Å²) in [6.07, 6.45) is 2.35. The Balaban J connectivity index is 0.00000220. The third-order valence-electron chi connectivity index (χ3n) is 4.24. The molecule has 1 aliphatic heterocycles. The fraction of sp³-hybridized carbons (Fsp3) is 0.562. The lowest BCUT2D eigenvalue weighted by Crippen LogP contribution is -2.53. The SMILES string of the molecule is CNC1CCCN(C(C)C(=O)N(C)c2ccccc2)C1.Cl. The van der Waals surface area contributed by atoms with E-state index in [1.165, 1.54) is 6.42 Å². The number of carbonyl (C=O) groups excluding carboxylic acids is 1. The minimum Gasteiger partial charge on any atom is -0.316 e. The zero-order valence-corrected chi connectivity index (χ0v) is 13.9. The van der Waals surface area contributed by atoms with Crippen LogP contribution in [0.4, 0.5) is 5.69 Å². The lowest BCUT2D eigenvalue weighted by molar-refractivity contribution is -0.123. The zero-order chi connectivity index (χ0) is 14.5. The van der Waals surface area contributed by atoms with Crippen molar-refractivity contribution in [3.8, 4) is 0 Å². The minimum absolute atomic E-state index is 0. The van der Waals surface area contributed by atoms with E-state index < -0.39 is 0 Å². The van der Waals surface area contributed by atoms with Crippen molar-refractivity contribution in [2.24, 2.45) is 0 Å². The molecule has 0 bridgehead atoms. The summed E-state index contributed by atoms with van der Waals surface area (Å²) in [7, 11) is 3.85. The van der Waals surface area contributed by atoms with Crippen LogP contribution in [-0.4, -0.2) is 50.1 Å². The Morgan fingerprint density at radius 2 is 2.05 bits per heavy atom. The second kappa shape index (κ2) is 8.37. The summed E-state index contributed by atoms with van der Waals surface area (Å²) >= 11 is 0. The van der Waals surface area contributed by atoms with Crippen molar-refractivity contribution in [2.75, 3.05) is 32.1 Å². The van der Waals surface area contributed by atoms with Crippen molar-refractivity contribution in [3.63, 3.8) is 0 Å². The molecular weight excluding hydrogens is 286 g/mol. The van der Waals surface area contributed by atoms with Gasteiger partial charge in [0.15, 0.2) is 0 Å². The van der Waals surface area contributed by atoms with Gasteiger partial charge < -0.3 is 10.2 Å². The van der Waals surface area contributed by atoms with Crippen LogP contribution >= 0.6 is 12.4 Å². The first-order valence-electron chi connectivity index (χ1n) is 7.37. The summed E-state index contributed by atoms with van der Waals surface area (Å²) in [6.45, 7) is 3.97. The van der Waals surface area contributed by atoms with Crippen molar-refractivity contribution < 1.29 is 4.79 Å². The number of rotatable bonds is 4. The van der Waals surface area contributed by atoms with E-state index in [1.807, 2.05) is 51.4 Å². The van der Waals surface area contributed by atoms with E-state index >= 15 is 0 Å². The molecule has 1 heterocycles. The molecular formula is C16H26ClN3O. The van der Waals surface area contributed by atoms with Crippen LogP contribution in [0.25, 0.3) is 0 Å². The first kappa shape index (κ1) is 18.0. The van der Waals surface area contributed by atoms with Crippen molar-refractivity contribution >= 4 is 24.0 Å². The molecule has 2 atom stereocenters. The predicted octanol–water partition coefficient (Wildman–Crippen LogP) is 2.14. The topological polar surface area (TPSA) is 35.6 Å². The van der Waals surface area contributed by atoms with Gasteiger partial charge in [0.2, 0.25) is 5.91 Å². The summed E-state index contributed by atoms with van der Waals surface area (Å²) in [6, 6.07) is 10.3. The fourth-order valence-corrected chi connectivity index (χ4v) is 2.81. The highest BCUT2D eigenvalue weighted by atomic mass is 35.5. The van der Waals surface area contributed by atoms with E-state index in [2.05, 4.69) is 10.2 Å². The summed E-state index contributed by atoms with van der Waals surface area (Å²) in [5.41, 5.74) is 0.950. The zero-order valence-electron chi connectivity index (χ0n) is 13.1. The van der Waals surface area contributed by atoms with Crippen LogP contribution in [0.3, 0.4) is 0 Å². The number of piperidine rings is 1. The predicted molar refractivity (Wildman–Crippen MR) is 90.2 cm³/mol. The molecule has 2 unspecified atom stereocenters. The van der Waals surface area contributed by atoms with E-state index in [4.69, 9.17) is 0 Å².